The van der Waals surface area contributed by atoms with Gasteiger partial charge in [0.15, 0.2) is 0 Å². The summed E-state index contributed by atoms with van der Waals surface area (Å²) in [5.74, 6) is -0.532. The van der Waals surface area contributed by atoms with E-state index >= 15 is 0 Å². The molecule has 2 heterocycles. The first kappa shape index (κ1) is 27.2. The van der Waals surface area contributed by atoms with Gasteiger partial charge in [0.25, 0.3) is 11.8 Å². The SMILES string of the molecule is Cc1cc(/C=C(/C#N)C(=O)N[C@@H](C)c2ccccc2)c(C)n1-c1sc2c(c1C(=O)Nc1ccccc1)CCCC2. The number of nitrogens with zero attached hydrogens (tertiary/aromatic N) is 2. The van der Waals surface area contributed by atoms with Crippen LogP contribution in [-0.4, -0.2) is 16.4 Å². The second kappa shape index (κ2) is 11.8. The molecule has 0 saturated carbocycles. The minimum atomic E-state index is -0.418. The molecule has 0 fully saturated rings. The second-order valence-electron chi connectivity index (χ2n) is 10.1. The molecule has 40 heavy (non-hydrogen) atoms. The lowest BCUT2D eigenvalue weighted by Crippen LogP contribution is -2.27. The topological polar surface area (TPSA) is 86.9 Å². The van der Waals surface area contributed by atoms with Gasteiger partial charge in [-0.05, 0) is 87.4 Å². The molecule has 0 saturated heterocycles. The Hall–Kier alpha value is -4.41. The number of thiophene rings is 1. The minimum absolute atomic E-state index is 0.0375. The zero-order valence-electron chi connectivity index (χ0n) is 23.0. The van der Waals surface area contributed by atoms with E-state index in [0.29, 0.717) is 0 Å². The van der Waals surface area contributed by atoms with Crippen molar-refractivity contribution in [1.82, 2.24) is 9.88 Å². The zero-order valence-corrected chi connectivity index (χ0v) is 23.8. The highest BCUT2D eigenvalue weighted by Gasteiger charge is 2.28. The number of fused-ring (bicyclic) bond motifs is 1. The van der Waals surface area contributed by atoms with E-state index in [0.717, 1.165) is 70.0 Å². The largest absolute Gasteiger partial charge is 0.345 e. The highest BCUT2D eigenvalue weighted by Crippen LogP contribution is 2.39. The van der Waals surface area contributed by atoms with Crippen molar-refractivity contribution in [2.24, 2.45) is 0 Å². The number of para-hydroxylation sites is 1. The van der Waals surface area contributed by atoms with Crippen molar-refractivity contribution >= 4 is 34.9 Å². The maximum atomic E-state index is 13.7. The Balaban J connectivity index is 1.50. The molecule has 202 valence electrons. The molecule has 5 rings (SSSR count). The summed E-state index contributed by atoms with van der Waals surface area (Å²) in [5.41, 5.74) is 6.20. The second-order valence-corrected chi connectivity index (χ2v) is 11.2. The third-order valence-corrected chi connectivity index (χ3v) is 8.67. The third kappa shape index (κ3) is 5.49. The van der Waals surface area contributed by atoms with Crippen molar-refractivity contribution in [2.75, 3.05) is 5.32 Å². The fourth-order valence-corrected chi connectivity index (χ4v) is 6.81. The van der Waals surface area contributed by atoms with Crippen LogP contribution < -0.4 is 10.6 Å². The van der Waals surface area contributed by atoms with Crippen LogP contribution in [0.2, 0.25) is 0 Å². The molecule has 1 aliphatic rings. The molecule has 1 atom stereocenters. The molecule has 1 aliphatic carbocycles. The molecule has 2 aromatic heterocycles. The van der Waals surface area contributed by atoms with E-state index < -0.39 is 5.91 Å². The average molecular weight is 549 g/mol. The first-order valence-electron chi connectivity index (χ1n) is 13.5. The molecule has 2 aromatic carbocycles. The lowest BCUT2D eigenvalue weighted by atomic mass is 9.95. The molecule has 4 aromatic rings. The maximum absolute atomic E-state index is 13.7. The number of nitriles is 1. The van der Waals surface area contributed by atoms with E-state index in [2.05, 4.69) is 21.3 Å². The van der Waals surface area contributed by atoms with Crippen LogP contribution in [0.5, 0.6) is 0 Å². The Morgan fingerprint density at radius 2 is 1.70 bits per heavy atom. The number of nitrogens with one attached hydrogen (secondary N) is 2. The van der Waals surface area contributed by atoms with Gasteiger partial charge < -0.3 is 15.2 Å². The van der Waals surface area contributed by atoms with Gasteiger partial charge in [0.1, 0.15) is 16.6 Å². The van der Waals surface area contributed by atoms with Crippen LogP contribution >= 0.6 is 11.3 Å². The first-order chi connectivity index (χ1) is 19.4. The molecule has 2 amide bonds. The van der Waals surface area contributed by atoms with Gasteiger partial charge in [-0.3, -0.25) is 9.59 Å². The lowest BCUT2D eigenvalue weighted by molar-refractivity contribution is -0.117. The van der Waals surface area contributed by atoms with Crippen molar-refractivity contribution in [2.45, 2.75) is 52.5 Å². The van der Waals surface area contributed by atoms with E-state index in [-0.39, 0.29) is 17.5 Å². The maximum Gasteiger partial charge on any atom is 0.262 e. The molecule has 0 radical (unpaired) electrons. The molecule has 6 nitrogen and oxygen atoms in total. The van der Waals surface area contributed by atoms with Gasteiger partial charge in [-0.1, -0.05) is 48.5 Å². The van der Waals surface area contributed by atoms with E-state index in [9.17, 15) is 14.9 Å². The predicted octanol–water partition coefficient (Wildman–Crippen LogP) is 7.07. The number of carbonyl (C=O) groups excluding carboxylic acids is 2. The fraction of sp³-hybridized carbons (Fsp3) is 0.242. The third-order valence-electron chi connectivity index (χ3n) is 7.40. The summed E-state index contributed by atoms with van der Waals surface area (Å²) in [7, 11) is 0. The number of rotatable bonds is 7. The number of amides is 2. The number of benzene rings is 2. The summed E-state index contributed by atoms with van der Waals surface area (Å²) in [5, 5.41) is 16.8. The van der Waals surface area contributed by atoms with Crippen molar-refractivity contribution < 1.29 is 9.59 Å². The number of hydrogen-bond acceptors (Lipinski definition) is 4. The van der Waals surface area contributed by atoms with Crippen molar-refractivity contribution in [3.63, 3.8) is 0 Å². The Labute approximate surface area is 239 Å². The normalized spacial score (nSPS) is 13.7. The smallest absolute Gasteiger partial charge is 0.262 e. The van der Waals surface area contributed by atoms with Gasteiger partial charge in [-0.15, -0.1) is 11.3 Å². The van der Waals surface area contributed by atoms with Gasteiger partial charge in [0.05, 0.1) is 11.6 Å². The van der Waals surface area contributed by atoms with Gasteiger partial charge in [-0.2, -0.15) is 5.26 Å². The summed E-state index contributed by atoms with van der Waals surface area (Å²) in [6.07, 6.45) is 5.67. The van der Waals surface area contributed by atoms with Crippen LogP contribution in [0.1, 0.15) is 69.1 Å². The Morgan fingerprint density at radius 1 is 1.02 bits per heavy atom. The minimum Gasteiger partial charge on any atom is -0.345 e. The fourth-order valence-electron chi connectivity index (χ4n) is 5.31. The van der Waals surface area contributed by atoms with Crippen LogP contribution in [0.15, 0.2) is 72.3 Å². The van der Waals surface area contributed by atoms with E-state index in [1.807, 2.05) is 87.5 Å². The zero-order chi connectivity index (χ0) is 28.2. The molecule has 0 aliphatic heterocycles. The van der Waals surface area contributed by atoms with Crippen LogP contribution in [0.3, 0.4) is 0 Å². The van der Waals surface area contributed by atoms with Gasteiger partial charge >= 0.3 is 0 Å². The number of anilines is 1. The summed E-state index contributed by atoms with van der Waals surface area (Å²) in [6, 6.07) is 23.0. The molecule has 0 spiro atoms. The summed E-state index contributed by atoms with van der Waals surface area (Å²) in [6.45, 7) is 5.86. The highest BCUT2D eigenvalue weighted by molar-refractivity contribution is 7.15. The van der Waals surface area contributed by atoms with Gasteiger partial charge in [-0.25, -0.2) is 0 Å². The Morgan fingerprint density at radius 3 is 2.40 bits per heavy atom. The summed E-state index contributed by atoms with van der Waals surface area (Å²) >= 11 is 1.67. The number of carbonyl (C=O) groups is 2. The number of aryl methyl sites for hydroxylation is 2. The van der Waals surface area contributed by atoms with Crippen molar-refractivity contribution in [3.05, 3.63) is 111 Å². The molecule has 0 unspecified atom stereocenters. The standard InChI is InChI=1S/C33H32N4O2S/c1-21-18-25(19-26(20-34)31(38)35-22(2)24-12-6-4-7-13-24)23(3)37(21)33-30(28-16-10-11-17-29(28)40-33)32(39)36-27-14-8-5-9-15-27/h4-9,12-15,18-19,22H,10-11,16-17H2,1-3H3,(H,35,38)(H,36,39)/b26-19-/t22-/m0/s1. The van der Waals surface area contributed by atoms with E-state index in [1.165, 1.54) is 4.88 Å². The first-order valence-corrected chi connectivity index (χ1v) is 14.4. The molecular weight excluding hydrogens is 516 g/mol. The van der Waals surface area contributed by atoms with Gasteiger partial charge in [0.2, 0.25) is 0 Å². The van der Waals surface area contributed by atoms with Crippen LogP contribution in [0.4, 0.5) is 5.69 Å². The Kier molecular flexibility index (Phi) is 7.99. The van der Waals surface area contributed by atoms with Gasteiger partial charge in [0, 0.05) is 22.0 Å². The highest BCUT2D eigenvalue weighted by atomic mass is 32.1. The van der Waals surface area contributed by atoms with E-state index in [4.69, 9.17) is 0 Å². The number of aromatic nitrogens is 1. The molecule has 7 heteroatoms. The average Bonchev–Trinajstić information content (AvgIpc) is 3.48. The quantitative estimate of drug-likeness (QED) is 0.191. The Bertz CT molecular complexity index is 1620. The summed E-state index contributed by atoms with van der Waals surface area (Å²) in [4.78, 5) is 28.0. The van der Waals surface area contributed by atoms with Crippen molar-refractivity contribution in [1.29, 1.82) is 5.26 Å². The van der Waals surface area contributed by atoms with Crippen LogP contribution in [0.25, 0.3) is 11.1 Å². The summed E-state index contributed by atoms with van der Waals surface area (Å²) < 4.78 is 2.09. The van der Waals surface area contributed by atoms with Crippen LogP contribution in [-0.2, 0) is 17.6 Å². The molecular formula is C33H32N4O2S. The monoisotopic (exact) mass is 548 g/mol. The van der Waals surface area contributed by atoms with Crippen molar-refractivity contribution in [3.8, 4) is 11.1 Å². The molecule has 2 N–H and O–H groups in total. The van der Waals surface area contributed by atoms with E-state index in [1.54, 1.807) is 17.4 Å². The molecule has 0 bridgehead atoms. The lowest BCUT2D eigenvalue weighted by Gasteiger charge is -2.14. The number of hydrogen-bond donors (Lipinski definition) is 2. The van der Waals surface area contributed by atoms with Crippen LogP contribution in [0, 0.1) is 25.2 Å². The predicted molar refractivity (Wildman–Crippen MR) is 161 cm³/mol.